The molecule has 0 aliphatic rings. The summed E-state index contributed by atoms with van der Waals surface area (Å²) in [5, 5.41) is 3.81. The standard InChI is InChI=1S/C10H12N4O2S2/c1-6(15)12-8-4-3-7(5-11-8)9(16)13-14(2)10(17)18/h3-5H,1-2H3,(H,13,16)(H,17,18)(H,11,12,15). The van der Waals surface area contributed by atoms with E-state index in [9.17, 15) is 9.59 Å². The van der Waals surface area contributed by atoms with E-state index in [4.69, 9.17) is 12.2 Å². The molecule has 0 saturated carbocycles. The van der Waals surface area contributed by atoms with Gasteiger partial charge in [-0.15, -0.1) is 12.6 Å². The minimum absolute atomic E-state index is 0.222. The first-order valence-electron chi connectivity index (χ1n) is 4.91. The van der Waals surface area contributed by atoms with Gasteiger partial charge in [-0.05, 0) is 12.1 Å². The Morgan fingerprint density at radius 1 is 1.44 bits per heavy atom. The lowest BCUT2D eigenvalue weighted by Crippen LogP contribution is -2.40. The van der Waals surface area contributed by atoms with Gasteiger partial charge in [0, 0.05) is 20.2 Å². The Hall–Kier alpha value is -1.67. The average Bonchev–Trinajstić information content (AvgIpc) is 2.28. The van der Waals surface area contributed by atoms with Crippen LogP contribution >= 0.6 is 24.8 Å². The van der Waals surface area contributed by atoms with Crippen LogP contribution in [0.15, 0.2) is 18.3 Å². The van der Waals surface area contributed by atoms with Gasteiger partial charge in [-0.2, -0.15) is 0 Å². The van der Waals surface area contributed by atoms with E-state index in [1.807, 2.05) is 0 Å². The highest BCUT2D eigenvalue weighted by molar-refractivity contribution is 8.10. The maximum absolute atomic E-state index is 11.7. The molecule has 96 valence electrons. The number of thiol groups is 1. The van der Waals surface area contributed by atoms with E-state index in [1.165, 1.54) is 24.2 Å². The molecule has 0 spiro atoms. The van der Waals surface area contributed by atoms with Crippen molar-refractivity contribution >= 4 is 46.8 Å². The maximum atomic E-state index is 11.7. The first-order chi connectivity index (χ1) is 8.40. The van der Waals surface area contributed by atoms with Crippen molar-refractivity contribution in [2.45, 2.75) is 6.92 Å². The smallest absolute Gasteiger partial charge is 0.271 e. The van der Waals surface area contributed by atoms with Crippen molar-refractivity contribution < 1.29 is 9.59 Å². The third kappa shape index (κ3) is 4.30. The Morgan fingerprint density at radius 2 is 2.11 bits per heavy atom. The fraction of sp³-hybridized carbons (Fsp3) is 0.200. The van der Waals surface area contributed by atoms with E-state index in [1.54, 1.807) is 13.1 Å². The number of rotatable bonds is 2. The number of carbonyl (C=O) groups excluding carboxylic acids is 2. The third-order valence-corrected chi connectivity index (χ3v) is 2.46. The maximum Gasteiger partial charge on any atom is 0.271 e. The Bertz CT molecular complexity index is 475. The number of hydrogen-bond donors (Lipinski definition) is 3. The van der Waals surface area contributed by atoms with E-state index in [0.717, 1.165) is 0 Å². The molecule has 1 heterocycles. The van der Waals surface area contributed by atoms with Crippen LogP contribution in [0.5, 0.6) is 0 Å². The van der Waals surface area contributed by atoms with Crippen LogP contribution in [-0.4, -0.2) is 33.2 Å². The quantitative estimate of drug-likeness (QED) is 0.426. The minimum atomic E-state index is -0.365. The van der Waals surface area contributed by atoms with Gasteiger partial charge < -0.3 is 5.32 Å². The van der Waals surface area contributed by atoms with Gasteiger partial charge in [0.1, 0.15) is 5.82 Å². The van der Waals surface area contributed by atoms with E-state index in [-0.39, 0.29) is 16.1 Å². The first kappa shape index (κ1) is 14.4. The number of aromatic nitrogens is 1. The summed E-state index contributed by atoms with van der Waals surface area (Å²) in [5.41, 5.74) is 2.85. The van der Waals surface area contributed by atoms with Crippen molar-refractivity contribution in [3.8, 4) is 0 Å². The zero-order valence-corrected chi connectivity index (χ0v) is 11.5. The van der Waals surface area contributed by atoms with Crippen LogP contribution in [0.4, 0.5) is 5.82 Å². The highest BCUT2D eigenvalue weighted by Crippen LogP contribution is 2.05. The third-order valence-electron chi connectivity index (χ3n) is 1.89. The number of nitrogens with zero attached hydrogens (tertiary/aromatic N) is 2. The fourth-order valence-electron chi connectivity index (χ4n) is 1.05. The molecule has 0 saturated heterocycles. The molecule has 0 atom stereocenters. The summed E-state index contributed by atoms with van der Waals surface area (Å²) in [6, 6.07) is 3.08. The number of hydrazine groups is 1. The van der Waals surface area contributed by atoms with E-state index in [0.29, 0.717) is 11.4 Å². The van der Waals surface area contributed by atoms with E-state index < -0.39 is 0 Å². The number of amides is 2. The summed E-state index contributed by atoms with van der Waals surface area (Å²) in [7, 11) is 1.58. The van der Waals surface area contributed by atoms with Gasteiger partial charge in [-0.1, -0.05) is 12.2 Å². The Kier molecular flexibility index (Phi) is 5.05. The number of thiocarbonyl (C=S) groups is 1. The summed E-state index contributed by atoms with van der Waals surface area (Å²) in [4.78, 5) is 26.4. The number of anilines is 1. The van der Waals surface area contributed by atoms with Crippen LogP contribution in [0.25, 0.3) is 0 Å². The van der Waals surface area contributed by atoms with Crippen molar-refractivity contribution in [1.29, 1.82) is 0 Å². The summed E-state index contributed by atoms with van der Waals surface area (Å²) in [5.74, 6) is -0.201. The van der Waals surface area contributed by atoms with Crippen molar-refractivity contribution in [3.63, 3.8) is 0 Å². The molecular weight excluding hydrogens is 272 g/mol. The Balaban J connectivity index is 2.70. The minimum Gasteiger partial charge on any atom is -0.311 e. The molecule has 8 heteroatoms. The molecule has 18 heavy (non-hydrogen) atoms. The molecule has 1 aromatic rings. The van der Waals surface area contributed by atoms with Gasteiger partial charge in [-0.25, -0.2) is 4.98 Å². The van der Waals surface area contributed by atoms with Gasteiger partial charge in [0.15, 0.2) is 4.32 Å². The number of pyridine rings is 1. The van der Waals surface area contributed by atoms with Crippen molar-refractivity contribution in [2.24, 2.45) is 0 Å². The number of carbonyl (C=O) groups is 2. The van der Waals surface area contributed by atoms with Crippen molar-refractivity contribution in [2.75, 3.05) is 12.4 Å². The zero-order valence-electron chi connectivity index (χ0n) is 9.80. The second-order valence-corrected chi connectivity index (χ2v) is 4.51. The molecule has 0 aliphatic heterocycles. The van der Waals surface area contributed by atoms with E-state index in [2.05, 4.69) is 28.4 Å². The molecule has 2 N–H and O–H groups in total. The van der Waals surface area contributed by atoms with Crippen molar-refractivity contribution in [3.05, 3.63) is 23.9 Å². The van der Waals surface area contributed by atoms with Gasteiger partial charge in [0.05, 0.1) is 5.56 Å². The first-order valence-corrected chi connectivity index (χ1v) is 5.77. The van der Waals surface area contributed by atoms with E-state index >= 15 is 0 Å². The SMILES string of the molecule is CC(=O)Nc1ccc(C(=O)NN(C)C(=S)S)cn1. The lowest BCUT2D eigenvalue weighted by Gasteiger charge is -2.17. The molecule has 6 nitrogen and oxygen atoms in total. The predicted molar refractivity (Wildman–Crippen MR) is 75.4 cm³/mol. The van der Waals surface area contributed by atoms with Crippen LogP contribution in [0.1, 0.15) is 17.3 Å². The summed E-state index contributed by atoms with van der Waals surface area (Å²) < 4.78 is 0.242. The molecule has 0 aromatic carbocycles. The van der Waals surface area contributed by atoms with Crippen LogP contribution in [0.3, 0.4) is 0 Å². The van der Waals surface area contributed by atoms with Crippen molar-refractivity contribution in [1.82, 2.24) is 15.4 Å². The molecular formula is C10H12N4O2S2. The van der Waals surface area contributed by atoms with Gasteiger partial charge in [0.25, 0.3) is 5.91 Å². The second-order valence-electron chi connectivity index (χ2n) is 3.40. The summed E-state index contributed by atoms with van der Waals surface area (Å²) in [6.07, 6.45) is 1.36. The highest BCUT2D eigenvalue weighted by Gasteiger charge is 2.09. The lowest BCUT2D eigenvalue weighted by molar-refractivity contribution is -0.114. The molecule has 2 amide bonds. The number of nitrogens with one attached hydrogen (secondary N) is 2. The molecule has 0 aliphatic carbocycles. The molecule has 0 radical (unpaired) electrons. The highest BCUT2D eigenvalue weighted by atomic mass is 32.1. The van der Waals surface area contributed by atoms with Crippen LogP contribution < -0.4 is 10.7 Å². The predicted octanol–water partition coefficient (Wildman–Crippen LogP) is 0.831. The molecule has 1 aromatic heterocycles. The molecule has 1 rings (SSSR count). The number of hydrogen-bond acceptors (Lipinski definition) is 4. The normalized spacial score (nSPS) is 9.50. The monoisotopic (exact) mass is 284 g/mol. The summed E-state index contributed by atoms with van der Waals surface area (Å²) >= 11 is 8.68. The van der Waals surface area contributed by atoms with Crippen LogP contribution in [-0.2, 0) is 4.79 Å². The average molecular weight is 284 g/mol. The van der Waals surface area contributed by atoms with Gasteiger partial charge in [-0.3, -0.25) is 20.0 Å². The Morgan fingerprint density at radius 3 is 2.56 bits per heavy atom. The molecule has 0 bridgehead atoms. The largest absolute Gasteiger partial charge is 0.311 e. The van der Waals surface area contributed by atoms with Gasteiger partial charge in [0.2, 0.25) is 5.91 Å². The Labute approximate surface area is 115 Å². The molecule has 0 fully saturated rings. The summed E-state index contributed by atoms with van der Waals surface area (Å²) in [6.45, 7) is 1.38. The second kappa shape index (κ2) is 6.31. The fourth-order valence-corrected chi connectivity index (χ4v) is 1.14. The zero-order chi connectivity index (χ0) is 13.7. The van der Waals surface area contributed by atoms with Gasteiger partial charge >= 0.3 is 0 Å². The van der Waals surface area contributed by atoms with Crippen LogP contribution in [0, 0.1) is 0 Å². The molecule has 0 unspecified atom stereocenters. The lowest BCUT2D eigenvalue weighted by atomic mass is 10.2. The van der Waals surface area contributed by atoms with Crippen LogP contribution in [0.2, 0.25) is 0 Å². The topological polar surface area (TPSA) is 74.3 Å².